The van der Waals surface area contributed by atoms with E-state index in [4.69, 9.17) is 6.42 Å². The van der Waals surface area contributed by atoms with E-state index in [0.717, 1.165) is 45.0 Å². The Morgan fingerprint density at radius 3 is 2.56 bits per heavy atom. The second-order valence-corrected chi connectivity index (χ2v) is 4.08. The van der Waals surface area contributed by atoms with Gasteiger partial charge in [0.15, 0.2) is 0 Å². The van der Waals surface area contributed by atoms with Crippen LogP contribution in [0.2, 0.25) is 0 Å². The summed E-state index contributed by atoms with van der Waals surface area (Å²) in [5, 5.41) is 0. The Labute approximate surface area is 97.1 Å². The van der Waals surface area contributed by atoms with Crippen LogP contribution < -0.4 is 0 Å². The van der Waals surface area contributed by atoms with E-state index in [1.54, 1.807) is 0 Å². The molecule has 0 aromatic carbocycles. The number of terminal acetylenes is 1. The van der Waals surface area contributed by atoms with Crippen molar-refractivity contribution in [1.82, 2.24) is 14.8 Å². The van der Waals surface area contributed by atoms with E-state index in [-0.39, 0.29) is 0 Å². The minimum atomic E-state index is 0.775. The molecular weight excluding hydrogens is 198 g/mol. The molecule has 0 spiro atoms. The fourth-order valence-electron chi connectivity index (χ4n) is 1.96. The number of piperazine rings is 1. The van der Waals surface area contributed by atoms with Crippen LogP contribution >= 0.6 is 0 Å². The van der Waals surface area contributed by atoms with Crippen molar-refractivity contribution in [3.63, 3.8) is 0 Å². The van der Waals surface area contributed by atoms with Crippen LogP contribution in [0.1, 0.15) is 5.69 Å². The highest BCUT2D eigenvalue weighted by atomic mass is 15.3. The molecule has 1 aromatic rings. The summed E-state index contributed by atoms with van der Waals surface area (Å²) in [7, 11) is 0. The predicted molar refractivity (Wildman–Crippen MR) is 64.8 cm³/mol. The Morgan fingerprint density at radius 1 is 1.19 bits per heavy atom. The van der Waals surface area contributed by atoms with E-state index in [1.807, 2.05) is 18.3 Å². The Balaban J connectivity index is 1.80. The van der Waals surface area contributed by atoms with Crippen LogP contribution in [0.25, 0.3) is 0 Å². The van der Waals surface area contributed by atoms with Gasteiger partial charge in [0.2, 0.25) is 0 Å². The molecule has 2 heterocycles. The molecule has 0 amide bonds. The number of nitrogens with zero attached hydrogens (tertiary/aromatic N) is 3. The van der Waals surface area contributed by atoms with Gasteiger partial charge < -0.3 is 0 Å². The molecule has 1 fully saturated rings. The Kier molecular flexibility index (Phi) is 3.92. The summed E-state index contributed by atoms with van der Waals surface area (Å²) in [5.41, 5.74) is 1.15. The van der Waals surface area contributed by atoms with E-state index in [9.17, 15) is 0 Å². The van der Waals surface area contributed by atoms with Crippen molar-refractivity contribution in [1.29, 1.82) is 0 Å². The van der Waals surface area contributed by atoms with Gasteiger partial charge in [0.25, 0.3) is 0 Å². The van der Waals surface area contributed by atoms with Crippen molar-refractivity contribution < 1.29 is 0 Å². The normalized spacial score (nSPS) is 18.2. The standard InChI is InChI=1S/C13H17N3/c1-2-7-15-8-10-16(11-9-15)12-13-5-3-4-6-14-13/h1,3-6H,7-12H2. The van der Waals surface area contributed by atoms with Crippen molar-refractivity contribution >= 4 is 0 Å². The van der Waals surface area contributed by atoms with Gasteiger partial charge in [0.05, 0.1) is 12.2 Å². The molecule has 3 heteroatoms. The summed E-state index contributed by atoms with van der Waals surface area (Å²) in [6, 6.07) is 6.07. The number of rotatable bonds is 3. The molecule has 2 rings (SSSR count). The second kappa shape index (κ2) is 5.64. The monoisotopic (exact) mass is 215 g/mol. The quantitative estimate of drug-likeness (QED) is 0.696. The van der Waals surface area contributed by atoms with Gasteiger partial charge in [-0.2, -0.15) is 0 Å². The largest absolute Gasteiger partial charge is 0.295 e. The predicted octanol–water partition coefficient (Wildman–Crippen LogP) is 0.832. The molecule has 0 saturated carbocycles. The number of hydrogen-bond donors (Lipinski definition) is 0. The second-order valence-electron chi connectivity index (χ2n) is 4.08. The van der Waals surface area contributed by atoms with Gasteiger partial charge in [-0.15, -0.1) is 6.42 Å². The summed E-state index contributed by atoms with van der Waals surface area (Å²) in [6.45, 7) is 6.02. The van der Waals surface area contributed by atoms with Crippen molar-refractivity contribution in [3.05, 3.63) is 30.1 Å². The molecule has 84 valence electrons. The van der Waals surface area contributed by atoms with Crippen LogP contribution in [0.3, 0.4) is 0 Å². The first-order chi connectivity index (χ1) is 7.88. The molecule has 1 aliphatic rings. The van der Waals surface area contributed by atoms with Gasteiger partial charge in [-0.1, -0.05) is 12.0 Å². The Morgan fingerprint density at radius 2 is 1.94 bits per heavy atom. The highest BCUT2D eigenvalue weighted by Gasteiger charge is 2.15. The lowest BCUT2D eigenvalue weighted by Gasteiger charge is -2.33. The van der Waals surface area contributed by atoms with Crippen molar-refractivity contribution in [2.45, 2.75) is 6.54 Å². The lowest BCUT2D eigenvalue weighted by atomic mass is 10.2. The first-order valence-corrected chi connectivity index (χ1v) is 5.66. The molecule has 0 radical (unpaired) electrons. The SMILES string of the molecule is C#CCN1CCN(Cc2ccccn2)CC1. The van der Waals surface area contributed by atoms with E-state index in [2.05, 4.69) is 26.8 Å². The Hall–Kier alpha value is -1.37. The average molecular weight is 215 g/mol. The lowest BCUT2D eigenvalue weighted by Crippen LogP contribution is -2.45. The molecule has 0 unspecified atom stereocenters. The molecule has 1 aromatic heterocycles. The van der Waals surface area contributed by atoms with E-state index in [0.29, 0.717) is 0 Å². The van der Waals surface area contributed by atoms with E-state index >= 15 is 0 Å². The zero-order valence-electron chi connectivity index (χ0n) is 9.47. The average Bonchev–Trinajstić information content (AvgIpc) is 2.33. The topological polar surface area (TPSA) is 19.4 Å². The molecule has 1 aliphatic heterocycles. The van der Waals surface area contributed by atoms with Crippen LogP contribution in [0.4, 0.5) is 0 Å². The molecule has 1 saturated heterocycles. The maximum absolute atomic E-state index is 5.30. The molecule has 0 atom stereocenters. The summed E-state index contributed by atoms with van der Waals surface area (Å²) < 4.78 is 0. The van der Waals surface area contributed by atoms with Crippen molar-refractivity contribution in [3.8, 4) is 12.3 Å². The van der Waals surface area contributed by atoms with Gasteiger partial charge in [0.1, 0.15) is 0 Å². The van der Waals surface area contributed by atoms with Gasteiger partial charge >= 0.3 is 0 Å². The minimum Gasteiger partial charge on any atom is -0.295 e. The highest BCUT2D eigenvalue weighted by molar-refractivity contribution is 5.03. The van der Waals surface area contributed by atoms with Crippen LogP contribution in [-0.4, -0.2) is 47.5 Å². The fraction of sp³-hybridized carbons (Fsp3) is 0.462. The van der Waals surface area contributed by atoms with Crippen LogP contribution in [-0.2, 0) is 6.54 Å². The van der Waals surface area contributed by atoms with Crippen LogP contribution in [0.5, 0.6) is 0 Å². The molecule has 16 heavy (non-hydrogen) atoms. The first kappa shape index (κ1) is 11.1. The minimum absolute atomic E-state index is 0.775. The molecule has 3 nitrogen and oxygen atoms in total. The third-order valence-electron chi connectivity index (χ3n) is 2.89. The molecule has 0 N–H and O–H groups in total. The summed E-state index contributed by atoms with van der Waals surface area (Å²) in [5.74, 6) is 2.70. The van der Waals surface area contributed by atoms with Gasteiger partial charge in [0, 0.05) is 38.9 Å². The lowest BCUT2D eigenvalue weighted by molar-refractivity contribution is 0.137. The highest BCUT2D eigenvalue weighted by Crippen LogP contribution is 2.05. The molecular formula is C13H17N3. The Bertz CT molecular complexity index is 347. The van der Waals surface area contributed by atoms with E-state index < -0.39 is 0 Å². The number of aromatic nitrogens is 1. The zero-order chi connectivity index (χ0) is 11.2. The third-order valence-corrected chi connectivity index (χ3v) is 2.89. The number of pyridine rings is 1. The molecule has 0 bridgehead atoms. The van der Waals surface area contributed by atoms with Gasteiger partial charge in [-0.25, -0.2) is 0 Å². The van der Waals surface area contributed by atoms with Crippen LogP contribution in [0, 0.1) is 12.3 Å². The number of hydrogen-bond acceptors (Lipinski definition) is 3. The summed E-state index contributed by atoms with van der Waals surface area (Å²) >= 11 is 0. The zero-order valence-corrected chi connectivity index (χ0v) is 9.47. The summed E-state index contributed by atoms with van der Waals surface area (Å²) in [4.78, 5) is 9.08. The van der Waals surface area contributed by atoms with Crippen LogP contribution in [0.15, 0.2) is 24.4 Å². The molecule has 0 aliphatic carbocycles. The first-order valence-electron chi connectivity index (χ1n) is 5.66. The summed E-state index contributed by atoms with van der Waals surface area (Å²) in [6.07, 6.45) is 7.15. The van der Waals surface area contributed by atoms with Crippen molar-refractivity contribution in [2.75, 3.05) is 32.7 Å². The smallest absolute Gasteiger partial charge is 0.0599 e. The van der Waals surface area contributed by atoms with Gasteiger partial charge in [-0.3, -0.25) is 14.8 Å². The maximum Gasteiger partial charge on any atom is 0.0599 e. The third kappa shape index (κ3) is 3.06. The maximum atomic E-state index is 5.30. The fourth-order valence-corrected chi connectivity index (χ4v) is 1.96. The van der Waals surface area contributed by atoms with Gasteiger partial charge in [-0.05, 0) is 12.1 Å². The van der Waals surface area contributed by atoms with Crippen molar-refractivity contribution in [2.24, 2.45) is 0 Å². The van der Waals surface area contributed by atoms with E-state index in [1.165, 1.54) is 0 Å².